The maximum Gasteiger partial charge on any atom is 0.514 e. The monoisotopic (exact) mass is 584 g/mol. The first-order valence-corrected chi connectivity index (χ1v) is 13.9. The number of non-ortho nitro benzene ring substituents is 1. The van der Waals surface area contributed by atoms with E-state index in [1.54, 1.807) is 12.3 Å². The predicted molar refractivity (Wildman–Crippen MR) is 154 cm³/mol. The summed E-state index contributed by atoms with van der Waals surface area (Å²) in [5.41, 5.74) is 6.70. The number of nitrogens with one attached hydrogen (secondary N) is 1. The molecule has 1 saturated carbocycles. The van der Waals surface area contributed by atoms with Crippen molar-refractivity contribution in [2.75, 3.05) is 11.9 Å². The number of benzene rings is 1. The number of alkyl halides is 1. The molecule has 1 fully saturated rings. The molecule has 2 aromatic heterocycles. The fraction of sp³-hybridized carbons (Fsp3) is 0.483. The predicted octanol–water partition coefficient (Wildman–Crippen LogP) is 5.99. The van der Waals surface area contributed by atoms with Crippen molar-refractivity contribution in [2.45, 2.75) is 83.2 Å². The lowest BCUT2D eigenvalue weighted by Crippen LogP contribution is -2.25. The van der Waals surface area contributed by atoms with E-state index in [1.807, 2.05) is 44.5 Å². The fourth-order valence-corrected chi connectivity index (χ4v) is 4.69. The van der Waals surface area contributed by atoms with E-state index in [0.717, 1.165) is 18.5 Å². The molecule has 226 valence electrons. The number of aromatic nitrogens is 3. The maximum absolute atomic E-state index is 15.0. The van der Waals surface area contributed by atoms with E-state index in [2.05, 4.69) is 10.3 Å². The third-order valence-corrected chi connectivity index (χ3v) is 6.77. The summed E-state index contributed by atoms with van der Waals surface area (Å²) in [5, 5.41) is 19.0. The number of hydrogen-bond donors (Lipinski definition) is 2. The van der Waals surface area contributed by atoms with Crippen LogP contribution in [-0.2, 0) is 10.3 Å². The number of nitro groups is 1. The highest BCUT2D eigenvalue weighted by atomic mass is 19.1. The smallest absolute Gasteiger partial charge is 0.478 e. The van der Waals surface area contributed by atoms with E-state index >= 15 is 0 Å². The molecular weight excluding hydrogens is 547 g/mol. The molecule has 13 heteroatoms. The van der Waals surface area contributed by atoms with Gasteiger partial charge in [-0.25, -0.2) is 18.9 Å². The highest BCUT2D eigenvalue weighted by Gasteiger charge is 2.40. The van der Waals surface area contributed by atoms with Crippen LogP contribution in [-0.4, -0.2) is 50.8 Å². The SMILES string of the molecule is C[C@H](N)CCCOc1cc(Nc2cc([C@H]3C[C@@H](F)[C@@H](OC(=O)Oc4ccc([N+](=O)[O-])cc4)C3)nn2C(C)(C)C)ccn1. The Labute approximate surface area is 243 Å². The number of carbonyl (C=O) groups excluding carboxylic acids is 1. The summed E-state index contributed by atoms with van der Waals surface area (Å²) >= 11 is 0. The molecule has 1 aliphatic carbocycles. The molecule has 12 nitrogen and oxygen atoms in total. The van der Waals surface area contributed by atoms with Gasteiger partial charge in [-0.2, -0.15) is 5.10 Å². The largest absolute Gasteiger partial charge is 0.514 e. The van der Waals surface area contributed by atoms with Crippen LogP contribution in [0.4, 0.5) is 26.4 Å². The Morgan fingerprint density at radius 2 is 1.98 bits per heavy atom. The number of pyridine rings is 1. The van der Waals surface area contributed by atoms with Crippen LogP contribution in [0.15, 0.2) is 48.7 Å². The van der Waals surface area contributed by atoms with E-state index in [1.165, 1.54) is 24.3 Å². The molecule has 1 aliphatic rings. The molecule has 0 aliphatic heterocycles. The summed E-state index contributed by atoms with van der Waals surface area (Å²) in [6.07, 6.45) is 0.206. The summed E-state index contributed by atoms with van der Waals surface area (Å²) in [5.74, 6) is 0.972. The Morgan fingerprint density at radius 3 is 2.64 bits per heavy atom. The second-order valence-corrected chi connectivity index (χ2v) is 11.5. The van der Waals surface area contributed by atoms with Gasteiger partial charge in [0.25, 0.3) is 5.69 Å². The first kappa shape index (κ1) is 30.7. The Balaban J connectivity index is 1.41. The van der Waals surface area contributed by atoms with Gasteiger partial charge in [0.15, 0.2) is 0 Å². The van der Waals surface area contributed by atoms with Crippen molar-refractivity contribution in [3.8, 4) is 11.6 Å². The lowest BCUT2D eigenvalue weighted by atomic mass is 10.0. The summed E-state index contributed by atoms with van der Waals surface area (Å²) in [6, 6.07) is 10.6. The minimum atomic E-state index is -1.40. The van der Waals surface area contributed by atoms with E-state index in [4.69, 9.17) is 25.0 Å². The molecule has 4 rings (SSSR count). The maximum atomic E-state index is 15.0. The number of nitrogens with two attached hydrogens (primary N) is 1. The number of hydrogen-bond acceptors (Lipinski definition) is 10. The van der Waals surface area contributed by atoms with Crippen molar-refractivity contribution in [1.29, 1.82) is 0 Å². The number of halogens is 1. The zero-order valence-electron chi connectivity index (χ0n) is 24.2. The number of ether oxygens (including phenoxy) is 3. The Kier molecular flexibility index (Phi) is 9.61. The van der Waals surface area contributed by atoms with Gasteiger partial charge in [-0.05, 0) is 71.6 Å². The number of carbonyl (C=O) groups is 1. The van der Waals surface area contributed by atoms with E-state index < -0.39 is 23.4 Å². The average molecular weight is 585 g/mol. The van der Waals surface area contributed by atoms with E-state index in [-0.39, 0.29) is 41.8 Å². The van der Waals surface area contributed by atoms with Gasteiger partial charge in [0.1, 0.15) is 23.8 Å². The number of rotatable bonds is 11. The molecule has 4 atom stereocenters. The van der Waals surface area contributed by atoms with Crippen molar-refractivity contribution in [1.82, 2.24) is 14.8 Å². The van der Waals surface area contributed by atoms with Gasteiger partial charge in [0, 0.05) is 48.1 Å². The molecule has 42 heavy (non-hydrogen) atoms. The van der Waals surface area contributed by atoms with Gasteiger partial charge in [-0.1, -0.05) is 0 Å². The van der Waals surface area contributed by atoms with Crippen molar-refractivity contribution in [2.24, 2.45) is 5.73 Å². The van der Waals surface area contributed by atoms with E-state index in [9.17, 15) is 19.3 Å². The first-order chi connectivity index (χ1) is 19.9. The van der Waals surface area contributed by atoms with Gasteiger partial charge in [-0.15, -0.1) is 0 Å². The molecule has 0 saturated heterocycles. The Bertz CT molecular complexity index is 1370. The van der Waals surface area contributed by atoms with Crippen LogP contribution in [0.25, 0.3) is 0 Å². The second kappa shape index (κ2) is 13.1. The van der Waals surface area contributed by atoms with E-state index in [0.29, 0.717) is 24.0 Å². The van der Waals surface area contributed by atoms with Crippen molar-refractivity contribution in [3.63, 3.8) is 0 Å². The lowest BCUT2D eigenvalue weighted by molar-refractivity contribution is -0.384. The topological polar surface area (TPSA) is 157 Å². The molecule has 1 aromatic carbocycles. The van der Waals surface area contributed by atoms with Gasteiger partial charge >= 0.3 is 6.16 Å². The van der Waals surface area contributed by atoms with Crippen molar-refractivity contribution >= 4 is 23.3 Å². The summed E-state index contributed by atoms with van der Waals surface area (Å²) in [7, 11) is 0. The van der Waals surface area contributed by atoms with Crippen LogP contribution in [0.1, 0.15) is 65.0 Å². The van der Waals surface area contributed by atoms with Crippen molar-refractivity contribution < 1.29 is 28.3 Å². The third-order valence-electron chi connectivity index (χ3n) is 6.77. The highest BCUT2D eigenvalue weighted by Crippen LogP contribution is 2.39. The molecule has 3 aromatic rings. The zero-order chi connectivity index (χ0) is 30.4. The van der Waals surface area contributed by atoms with Gasteiger partial charge in [0.05, 0.1) is 22.8 Å². The molecule has 0 amide bonds. The molecule has 3 N–H and O–H groups in total. The Morgan fingerprint density at radius 1 is 1.24 bits per heavy atom. The third kappa shape index (κ3) is 8.15. The van der Waals surface area contributed by atoms with Crippen LogP contribution >= 0.6 is 0 Å². The average Bonchev–Trinajstić information content (AvgIpc) is 3.50. The molecule has 0 bridgehead atoms. The summed E-state index contributed by atoms with van der Waals surface area (Å²) in [6.45, 7) is 8.52. The fourth-order valence-electron chi connectivity index (χ4n) is 4.69. The van der Waals surface area contributed by atoms with Gasteiger partial charge < -0.3 is 25.3 Å². The number of nitro benzene ring substituents is 1. The van der Waals surface area contributed by atoms with Crippen LogP contribution < -0.4 is 20.5 Å². The standard InChI is InChI=1S/C29H37FN6O6/c1-18(31)6-5-13-40-27-16-20(11-12-32-27)33-26-17-24(34-35(26)29(2,3)4)19-14-23(30)25(15-19)42-28(37)41-22-9-7-21(8-10-22)36(38)39/h7-12,16-19,23,25H,5-6,13-15,31H2,1-4H3,(H,32,33)/t18-,19-,23+,25-/m0/s1. The number of nitrogens with zero attached hydrogens (tertiary/aromatic N) is 4. The lowest BCUT2D eigenvalue weighted by Gasteiger charge is -2.23. The normalized spacial score (nSPS) is 19.2. The van der Waals surface area contributed by atoms with Crippen LogP contribution in [0.5, 0.6) is 11.6 Å². The highest BCUT2D eigenvalue weighted by molar-refractivity contribution is 5.64. The quantitative estimate of drug-likeness (QED) is 0.0902. The summed E-state index contributed by atoms with van der Waals surface area (Å²) < 4.78 is 33.0. The van der Waals surface area contributed by atoms with Crippen LogP contribution in [0.3, 0.4) is 0 Å². The molecular formula is C29H37FN6O6. The van der Waals surface area contributed by atoms with Crippen LogP contribution in [0, 0.1) is 10.1 Å². The van der Waals surface area contributed by atoms with Gasteiger partial charge in [-0.3, -0.25) is 10.1 Å². The number of anilines is 2. The summed E-state index contributed by atoms with van der Waals surface area (Å²) in [4.78, 5) is 26.8. The minimum Gasteiger partial charge on any atom is -0.478 e. The molecule has 0 spiro atoms. The van der Waals surface area contributed by atoms with Gasteiger partial charge in [0.2, 0.25) is 5.88 Å². The minimum absolute atomic E-state index is 0.0602. The first-order valence-electron chi connectivity index (χ1n) is 13.9. The Hall–Kier alpha value is -4.26. The molecule has 2 heterocycles. The second-order valence-electron chi connectivity index (χ2n) is 11.5. The zero-order valence-corrected chi connectivity index (χ0v) is 24.2. The van der Waals surface area contributed by atoms with Crippen LogP contribution in [0.2, 0.25) is 0 Å². The van der Waals surface area contributed by atoms with Crippen molar-refractivity contribution in [3.05, 3.63) is 64.5 Å². The molecule has 0 unspecified atom stereocenters. The molecule has 0 radical (unpaired) electrons.